The Kier molecular flexibility index (Phi) is 5.06. The van der Waals surface area contributed by atoms with E-state index in [4.69, 9.17) is 17.4 Å². The van der Waals surface area contributed by atoms with E-state index in [1.54, 1.807) is 12.3 Å². The van der Waals surface area contributed by atoms with Gasteiger partial charge in [-0.25, -0.2) is 4.39 Å². The molecule has 2 rings (SSSR count). The van der Waals surface area contributed by atoms with Crippen molar-refractivity contribution < 1.29 is 4.39 Å². The number of aryl methyl sites for hydroxylation is 1. The molecule has 0 fully saturated rings. The largest absolute Gasteiger partial charge is 0.271 e. The van der Waals surface area contributed by atoms with Gasteiger partial charge < -0.3 is 0 Å². The van der Waals surface area contributed by atoms with Gasteiger partial charge in [0.25, 0.3) is 0 Å². The second-order valence-electron chi connectivity index (χ2n) is 4.59. The maximum absolute atomic E-state index is 13.8. The van der Waals surface area contributed by atoms with Gasteiger partial charge >= 0.3 is 0 Å². The molecule has 20 heavy (non-hydrogen) atoms. The van der Waals surface area contributed by atoms with E-state index in [0.29, 0.717) is 17.0 Å². The Bertz CT molecular complexity index is 589. The van der Waals surface area contributed by atoms with Crippen molar-refractivity contribution in [2.24, 2.45) is 5.84 Å². The van der Waals surface area contributed by atoms with Gasteiger partial charge in [0.15, 0.2) is 0 Å². The molecular weight excluding hydrogens is 277 g/mol. The molecule has 106 valence electrons. The van der Waals surface area contributed by atoms with Gasteiger partial charge in [-0.3, -0.25) is 16.3 Å². The molecule has 3 N–H and O–H groups in total. The fourth-order valence-electron chi connectivity index (χ4n) is 2.25. The lowest BCUT2D eigenvalue weighted by molar-refractivity contribution is 0.525. The number of pyridine rings is 1. The lowest BCUT2D eigenvalue weighted by Gasteiger charge is -2.19. The predicted molar refractivity (Wildman–Crippen MR) is 78.8 cm³/mol. The summed E-state index contributed by atoms with van der Waals surface area (Å²) in [6.45, 7) is 2.05. The SMILES string of the molecule is CCc1cnccc1C(Cc1cc(Cl)ccc1F)NN. The third kappa shape index (κ3) is 3.33. The number of nitrogens with one attached hydrogen (secondary N) is 1. The van der Waals surface area contributed by atoms with Crippen LogP contribution in [0.2, 0.25) is 5.02 Å². The fourth-order valence-corrected chi connectivity index (χ4v) is 2.45. The number of hydrazine groups is 1. The molecule has 1 heterocycles. The van der Waals surface area contributed by atoms with Crippen LogP contribution in [0.1, 0.15) is 29.7 Å². The summed E-state index contributed by atoms with van der Waals surface area (Å²) in [5.41, 5.74) is 5.42. The maximum atomic E-state index is 13.8. The van der Waals surface area contributed by atoms with E-state index >= 15 is 0 Å². The molecular formula is C15H17ClFN3. The summed E-state index contributed by atoms with van der Waals surface area (Å²) in [7, 11) is 0. The van der Waals surface area contributed by atoms with E-state index < -0.39 is 0 Å². The molecule has 0 aliphatic carbocycles. The minimum atomic E-state index is -0.276. The second-order valence-corrected chi connectivity index (χ2v) is 5.02. The molecule has 0 aliphatic heterocycles. The number of hydrogen-bond donors (Lipinski definition) is 2. The highest BCUT2D eigenvalue weighted by Gasteiger charge is 2.16. The number of benzene rings is 1. The van der Waals surface area contributed by atoms with Crippen LogP contribution in [0.4, 0.5) is 4.39 Å². The molecule has 0 bridgehead atoms. The quantitative estimate of drug-likeness (QED) is 0.657. The molecule has 0 radical (unpaired) electrons. The van der Waals surface area contributed by atoms with E-state index in [2.05, 4.69) is 10.4 Å². The van der Waals surface area contributed by atoms with E-state index in [9.17, 15) is 4.39 Å². The average Bonchev–Trinajstić information content (AvgIpc) is 2.48. The molecule has 1 aromatic heterocycles. The third-order valence-corrected chi connectivity index (χ3v) is 3.57. The van der Waals surface area contributed by atoms with Gasteiger partial charge in [-0.15, -0.1) is 0 Å². The Hall–Kier alpha value is -1.49. The van der Waals surface area contributed by atoms with Crippen molar-refractivity contribution in [3.8, 4) is 0 Å². The van der Waals surface area contributed by atoms with Crippen LogP contribution in [0.5, 0.6) is 0 Å². The van der Waals surface area contributed by atoms with Crippen LogP contribution >= 0.6 is 11.6 Å². The molecule has 0 saturated carbocycles. The first-order valence-corrected chi connectivity index (χ1v) is 6.86. The van der Waals surface area contributed by atoms with Crippen LogP contribution in [-0.2, 0) is 12.8 Å². The van der Waals surface area contributed by atoms with Gasteiger partial charge in [-0.05, 0) is 53.8 Å². The van der Waals surface area contributed by atoms with Crippen molar-refractivity contribution in [1.82, 2.24) is 10.4 Å². The van der Waals surface area contributed by atoms with Gasteiger partial charge in [-0.1, -0.05) is 18.5 Å². The van der Waals surface area contributed by atoms with E-state index in [1.807, 2.05) is 19.2 Å². The molecule has 3 nitrogen and oxygen atoms in total. The fraction of sp³-hybridized carbons (Fsp3) is 0.267. The minimum Gasteiger partial charge on any atom is -0.271 e. The standard InChI is InChI=1S/C15H17ClFN3/c1-2-10-9-19-6-5-13(10)15(20-18)8-11-7-12(16)3-4-14(11)17/h3-7,9,15,20H,2,8,18H2,1H3. The average molecular weight is 294 g/mol. The summed E-state index contributed by atoms with van der Waals surface area (Å²) in [6, 6.07) is 6.27. The molecule has 0 aliphatic rings. The molecule has 0 saturated heterocycles. The molecule has 0 spiro atoms. The normalized spacial score (nSPS) is 12.4. The minimum absolute atomic E-state index is 0.180. The molecule has 2 aromatic rings. The zero-order chi connectivity index (χ0) is 14.5. The Labute approximate surface area is 122 Å². The number of nitrogens with two attached hydrogens (primary N) is 1. The number of nitrogens with zero attached hydrogens (tertiary/aromatic N) is 1. The van der Waals surface area contributed by atoms with E-state index in [0.717, 1.165) is 17.5 Å². The highest BCUT2D eigenvalue weighted by Crippen LogP contribution is 2.24. The Morgan fingerprint density at radius 1 is 1.35 bits per heavy atom. The summed E-state index contributed by atoms with van der Waals surface area (Å²) in [5, 5.41) is 0.516. The highest BCUT2D eigenvalue weighted by molar-refractivity contribution is 6.30. The molecule has 1 aromatic carbocycles. The Morgan fingerprint density at radius 3 is 2.85 bits per heavy atom. The van der Waals surface area contributed by atoms with Gasteiger partial charge in [0, 0.05) is 17.4 Å². The number of rotatable bonds is 5. The van der Waals surface area contributed by atoms with Crippen molar-refractivity contribution in [3.05, 3.63) is 64.2 Å². The van der Waals surface area contributed by atoms with Crippen LogP contribution in [0.25, 0.3) is 0 Å². The summed E-state index contributed by atoms with van der Waals surface area (Å²) >= 11 is 5.92. The van der Waals surface area contributed by atoms with Gasteiger partial charge in [-0.2, -0.15) is 0 Å². The number of hydrogen-bond acceptors (Lipinski definition) is 3. The zero-order valence-electron chi connectivity index (χ0n) is 11.2. The number of halogens is 2. The second kappa shape index (κ2) is 6.79. The van der Waals surface area contributed by atoms with Gasteiger partial charge in [0.1, 0.15) is 5.82 Å². The number of aromatic nitrogens is 1. The van der Waals surface area contributed by atoms with Crippen LogP contribution in [0.3, 0.4) is 0 Å². The van der Waals surface area contributed by atoms with Crippen molar-refractivity contribution in [3.63, 3.8) is 0 Å². The van der Waals surface area contributed by atoms with Crippen LogP contribution in [0.15, 0.2) is 36.7 Å². The van der Waals surface area contributed by atoms with Gasteiger partial charge in [0.05, 0.1) is 6.04 Å². The van der Waals surface area contributed by atoms with E-state index in [-0.39, 0.29) is 11.9 Å². The first kappa shape index (κ1) is 14.9. The Balaban J connectivity index is 2.31. The van der Waals surface area contributed by atoms with Crippen molar-refractivity contribution in [1.29, 1.82) is 0 Å². The predicted octanol–water partition coefficient (Wildman–Crippen LogP) is 3.18. The molecule has 5 heteroatoms. The Morgan fingerprint density at radius 2 is 2.15 bits per heavy atom. The summed E-state index contributed by atoms with van der Waals surface area (Å²) in [4.78, 5) is 4.11. The van der Waals surface area contributed by atoms with Crippen LogP contribution in [0, 0.1) is 5.82 Å². The maximum Gasteiger partial charge on any atom is 0.126 e. The summed E-state index contributed by atoms with van der Waals surface area (Å²) in [6.07, 6.45) is 4.81. The van der Waals surface area contributed by atoms with Crippen molar-refractivity contribution in [2.45, 2.75) is 25.8 Å². The zero-order valence-corrected chi connectivity index (χ0v) is 12.0. The topological polar surface area (TPSA) is 50.9 Å². The third-order valence-electron chi connectivity index (χ3n) is 3.33. The smallest absolute Gasteiger partial charge is 0.126 e. The van der Waals surface area contributed by atoms with Crippen molar-refractivity contribution in [2.75, 3.05) is 0 Å². The summed E-state index contributed by atoms with van der Waals surface area (Å²) < 4.78 is 13.8. The first-order valence-electron chi connectivity index (χ1n) is 6.48. The lowest BCUT2D eigenvalue weighted by atomic mass is 9.95. The first-order chi connectivity index (χ1) is 9.65. The van der Waals surface area contributed by atoms with E-state index in [1.165, 1.54) is 12.1 Å². The molecule has 0 amide bonds. The lowest BCUT2D eigenvalue weighted by Crippen LogP contribution is -2.30. The van der Waals surface area contributed by atoms with Crippen molar-refractivity contribution >= 4 is 11.6 Å². The molecule has 1 atom stereocenters. The van der Waals surface area contributed by atoms with Gasteiger partial charge in [0.2, 0.25) is 0 Å². The van der Waals surface area contributed by atoms with Crippen LogP contribution < -0.4 is 11.3 Å². The molecule has 1 unspecified atom stereocenters. The monoisotopic (exact) mass is 293 g/mol. The highest BCUT2D eigenvalue weighted by atomic mass is 35.5. The van der Waals surface area contributed by atoms with Crippen LogP contribution in [-0.4, -0.2) is 4.98 Å². The summed E-state index contributed by atoms with van der Waals surface area (Å²) in [5.74, 6) is 5.36.